The Balaban J connectivity index is 1.84. The average molecular weight is 448 g/mol. The van der Waals surface area contributed by atoms with Crippen molar-refractivity contribution >= 4 is 57.9 Å². The molecule has 1 heterocycles. The number of halogens is 1. The molecular formula is C21H18ClNO4S2. The highest BCUT2D eigenvalue weighted by atomic mass is 35.5. The number of nitrogens with zero attached hydrogens (tertiary/aromatic N) is 1. The topological polar surface area (TPSA) is 66.8 Å². The predicted molar refractivity (Wildman–Crippen MR) is 119 cm³/mol. The fraction of sp³-hybridized carbons (Fsp3) is 0.190. The van der Waals surface area contributed by atoms with Gasteiger partial charge in [0.15, 0.2) is 0 Å². The van der Waals surface area contributed by atoms with Gasteiger partial charge in [-0.3, -0.25) is 9.69 Å². The van der Waals surface area contributed by atoms with Gasteiger partial charge in [-0.25, -0.2) is 4.79 Å². The minimum atomic E-state index is -1.08. The van der Waals surface area contributed by atoms with Crippen molar-refractivity contribution < 1.29 is 19.4 Å². The smallest absolute Gasteiger partial charge is 0.326 e. The van der Waals surface area contributed by atoms with E-state index in [4.69, 9.17) is 28.6 Å². The summed E-state index contributed by atoms with van der Waals surface area (Å²) >= 11 is 12.5. The highest BCUT2D eigenvalue weighted by Gasteiger charge is 2.39. The summed E-state index contributed by atoms with van der Waals surface area (Å²) < 4.78 is 6.16. The van der Waals surface area contributed by atoms with E-state index in [1.807, 2.05) is 36.4 Å². The number of thioether (sulfide) groups is 1. The first-order valence-electron chi connectivity index (χ1n) is 8.87. The van der Waals surface area contributed by atoms with Gasteiger partial charge in [0.05, 0.1) is 4.91 Å². The van der Waals surface area contributed by atoms with E-state index in [1.54, 1.807) is 25.1 Å². The maximum absolute atomic E-state index is 12.8. The molecule has 5 nitrogen and oxygen atoms in total. The van der Waals surface area contributed by atoms with E-state index in [-0.39, 0.29) is 17.3 Å². The molecule has 2 aromatic rings. The van der Waals surface area contributed by atoms with E-state index < -0.39 is 17.9 Å². The molecule has 0 bridgehead atoms. The molecule has 1 unspecified atom stereocenters. The van der Waals surface area contributed by atoms with Crippen molar-refractivity contribution in [3.05, 3.63) is 69.6 Å². The minimum Gasteiger partial charge on any atom is -0.488 e. The van der Waals surface area contributed by atoms with Gasteiger partial charge < -0.3 is 9.84 Å². The number of carbonyl (C=O) groups excluding carboxylic acids is 1. The molecule has 8 heteroatoms. The zero-order valence-electron chi connectivity index (χ0n) is 15.5. The summed E-state index contributed by atoms with van der Waals surface area (Å²) in [7, 11) is 0. The van der Waals surface area contributed by atoms with Gasteiger partial charge in [-0.1, -0.05) is 78.9 Å². The largest absolute Gasteiger partial charge is 0.488 e. The van der Waals surface area contributed by atoms with Crippen LogP contribution in [0.4, 0.5) is 0 Å². The lowest BCUT2D eigenvalue weighted by Gasteiger charge is -2.21. The quantitative estimate of drug-likeness (QED) is 0.476. The first-order chi connectivity index (χ1) is 13.9. The van der Waals surface area contributed by atoms with Crippen molar-refractivity contribution in [2.45, 2.75) is 26.0 Å². The Morgan fingerprint density at radius 3 is 2.66 bits per heavy atom. The van der Waals surface area contributed by atoms with Crippen LogP contribution in [-0.2, 0) is 16.2 Å². The maximum atomic E-state index is 12.8. The molecule has 3 rings (SSSR count). The summed E-state index contributed by atoms with van der Waals surface area (Å²) in [4.78, 5) is 25.8. The molecule has 1 saturated heterocycles. The van der Waals surface area contributed by atoms with Gasteiger partial charge in [-0.2, -0.15) is 0 Å². The molecule has 0 aromatic heterocycles. The molecule has 1 N–H and O–H groups in total. The summed E-state index contributed by atoms with van der Waals surface area (Å²) in [5, 5.41) is 9.99. The monoisotopic (exact) mass is 447 g/mol. The Bertz CT molecular complexity index is 992. The average Bonchev–Trinajstić information content (AvgIpc) is 2.96. The molecule has 0 saturated carbocycles. The lowest BCUT2D eigenvalue weighted by molar-refractivity contribution is -0.145. The maximum Gasteiger partial charge on any atom is 0.326 e. The van der Waals surface area contributed by atoms with Gasteiger partial charge in [0.2, 0.25) is 0 Å². The molecule has 1 aliphatic heterocycles. The summed E-state index contributed by atoms with van der Waals surface area (Å²) in [6.45, 7) is 1.99. The Morgan fingerprint density at radius 2 is 1.97 bits per heavy atom. The van der Waals surface area contributed by atoms with Gasteiger partial charge in [0, 0.05) is 16.1 Å². The van der Waals surface area contributed by atoms with Gasteiger partial charge in [-0.05, 0) is 24.6 Å². The second-order valence-electron chi connectivity index (χ2n) is 6.23. The van der Waals surface area contributed by atoms with Crippen LogP contribution in [0.5, 0.6) is 5.75 Å². The number of amides is 1. The lowest BCUT2D eigenvalue weighted by atomic mass is 10.1. The van der Waals surface area contributed by atoms with Crippen molar-refractivity contribution in [2.24, 2.45) is 0 Å². The molecule has 1 aliphatic rings. The predicted octanol–water partition coefficient (Wildman–Crippen LogP) is 4.98. The zero-order valence-corrected chi connectivity index (χ0v) is 17.9. The van der Waals surface area contributed by atoms with Crippen LogP contribution in [0.1, 0.15) is 24.5 Å². The van der Waals surface area contributed by atoms with E-state index in [0.717, 1.165) is 17.3 Å². The number of rotatable bonds is 7. The third kappa shape index (κ3) is 4.80. The van der Waals surface area contributed by atoms with Crippen LogP contribution in [0.3, 0.4) is 0 Å². The third-order valence-corrected chi connectivity index (χ3v) is 6.05. The van der Waals surface area contributed by atoms with Crippen LogP contribution in [0.15, 0.2) is 53.4 Å². The Kier molecular flexibility index (Phi) is 6.95. The van der Waals surface area contributed by atoms with Crippen LogP contribution in [0.25, 0.3) is 6.08 Å². The second-order valence-corrected chi connectivity index (χ2v) is 8.31. The SMILES string of the molecule is CCC(C(=O)O)N1C(=O)/C(=C/c2ccccc2OCc2ccccc2Cl)SC1=S. The number of carbonyl (C=O) groups is 2. The van der Waals surface area contributed by atoms with Crippen LogP contribution < -0.4 is 4.74 Å². The van der Waals surface area contributed by atoms with Crippen molar-refractivity contribution in [1.82, 2.24) is 4.90 Å². The van der Waals surface area contributed by atoms with Gasteiger partial charge >= 0.3 is 5.97 Å². The van der Waals surface area contributed by atoms with Crippen molar-refractivity contribution in [3.8, 4) is 5.75 Å². The fourth-order valence-corrected chi connectivity index (χ4v) is 4.40. The van der Waals surface area contributed by atoms with Crippen LogP contribution >= 0.6 is 35.6 Å². The molecule has 1 fully saturated rings. The van der Waals surface area contributed by atoms with Crippen LogP contribution in [0.2, 0.25) is 5.02 Å². The summed E-state index contributed by atoms with van der Waals surface area (Å²) in [5.74, 6) is -0.897. The van der Waals surface area contributed by atoms with E-state index in [2.05, 4.69) is 0 Å². The van der Waals surface area contributed by atoms with Crippen molar-refractivity contribution in [2.75, 3.05) is 0 Å². The molecule has 1 atom stereocenters. The van der Waals surface area contributed by atoms with Gasteiger partial charge in [0.25, 0.3) is 5.91 Å². The number of carboxylic acids is 1. The van der Waals surface area contributed by atoms with Crippen molar-refractivity contribution in [3.63, 3.8) is 0 Å². The first-order valence-corrected chi connectivity index (χ1v) is 10.5. The molecule has 2 aromatic carbocycles. The van der Waals surface area contributed by atoms with E-state index in [9.17, 15) is 14.7 Å². The Hall–Kier alpha value is -2.35. The molecular weight excluding hydrogens is 430 g/mol. The minimum absolute atomic E-state index is 0.241. The van der Waals surface area contributed by atoms with Crippen molar-refractivity contribution in [1.29, 1.82) is 0 Å². The highest BCUT2D eigenvalue weighted by molar-refractivity contribution is 8.26. The molecule has 29 heavy (non-hydrogen) atoms. The Labute approximate surface area is 183 Å². The van der Waals surface area contributed by atoms with E-state index >= 15 is 0 Å². The fourth-order valence-electron chi connectivity index (χ4n) is 2.86. The number of aliphatic carboxylic acids is 1. The number of benzene rings is 2. The van der Waals surface area contributed by atoms with E-state index in [1.165, 1.54) is 4.90 Å². The number of thiocarbonyl (C=S) groups is 1. The lowest BCUT2D eigenvalue weighted by Crippen LogP contribution is -2.43. The molecule has 150 valence electrons. The summed E-state index contributed by atoms with van der Waals surface area (Å²) in [5.41, 5.74) is 1.55. The number of hydrogen-bond donors (Lipinski definition) is 1. The normalized spacial score (nSPS) is 16.3. The molecule has 0 aliphatic carbocycles. The summed E-state index contributed by atoms with van der Waals surface area (Å²) in [6, 6.07) is 13.7. The Morgan fingerprint density at radius 1 is 1.28 bits per heavy atom. The van der Waals surface area contributed by atoms with Crippen LogP contribution in [0, 0.1) is 0 Å². The van der Waals surface area contributed by atoms with Gasteiger partial charge in [0.1, 0.15) is 22.7 Å². The summed E-state index contributed by atoms with van der Waals surface area (Å²) in [6.07, 6.45) is 1.95. The standard InChI is InChI=1S/C21H18ClNO4S2/c1-2-16(20(25)26)23-19(24)18(29-21(23)28)11-13-7-4-6-10-17(13)27-12-14-8-3-5-9-15(14)22/h3-11,16H,2,12H2,1H3,(H,25,26)/b18-11-. The molecule has 0 radical (unpaired) electrons. The van der Waals surface area contributed by atoms with Gasteiger partial charge in [-0.15, -0.1) is 0 Å². The van der Waals surface area contributed by atoms with E-state index in [0.29, 0.717) is 21.2 Å². The first kappa shape index (κ1) is 21.4. The molecule has 0 spiro atoms. The zero-order chi connectivity index (χ0) is 21.0. The van der Waals surface area contributed by atoms with Crippen LogP contribution in [-0.4, -0.2) is 32.2 Å². The number of para-hydroxylation sites is 1. The molecule has 1 amide bonds. The second kappa shape index (κ2) is 9.43. The number of carboxylic acid groups (broad SMARTS) is 1. The highest BCUT2D eigenvalue weighted by Crippen LogP contribution is 2.36. The third-order valence-electron chi connectivity index (χ3n) is 4.35. The number of hydrogen-bond acceptors (Lipinski definition) is 5. The number of ether oxygens (including phenoxy) is 1.